The van der Waals surface area contributed by atoms with Gasteiger partial charge in [0.05, 0.1) is 0 Å². The van der Waals surface area contributed by atoms with Crippen LogP contribution >= 0.6 is 0 Å². The summed E-state index contributed by atoms with van der Waals surface area (Å²) in [5.74, 6) is -15.6. The van der Waals surface area contributed by atoms with E-state index in [1.807, 2.05) is 0 Å². The average molecular weight is 535 g/mol. The standard InChI is InChI=1S/C27H36F6N2O2/c1-3-5-6-7-8-9-10-11-12-21-17-34-24(35-18-21)22-13-15-23(16-14-22)37-20-26(30,31)27(32,33)25(28,29)19-36-4-2/h13-18H,3-12,19-20H2,1-2H3. The summed E-state index contributed by atoms with van der Waals surface area (Å²) >= 11 is 0. The number of ether oxygens (including phenoxy) is 2. The molecule has 0 aliphatic heterocycles. The van der Waals surface area contributed by atoms with Crippen molar-refractivity contribution < 1.29 is 35.8 Å². The SMILES string of the molecule is CCCCCCCCCCc1cnc(-c2ccc(OCC(F)(F)C(F)(F)C(F)(F)COCC)cc2)nc1. The molecule has 0 saturated carbocycles. The van der Waals surface area contributed by atoms with Crippen molar-refractivity contribution in [2.45, 2.75) is 89.4 Å². The fourth-order valence-electron chi connectivity index (χ4n) is 3.65. The Morgan fingerprint density at radius 2 is 1.24 bits per heavy atom. The summed E-state index contributed by atoms with van der Waals surface area (Å²) in [4.78, 5) is 8.66. The van der Waals surface area contributed by atoms with Gasteiger partial charge >= 0.3 is 17.8 Å². The molecular formula is C27H36F6N2O2. The Bertz CT molecular complexity index is 908. The maximum atomic E-state index is 14.0. The van der Waals surface area contributed by atoms with Crippen LogP contribution in [0, 0.1) is 0 Å². The quantitative estimate of drug-likeness (QED) is 0.143. The Kier molecular flexibility index (Phi) is 12.1. The minimum atomic E-state index is -5.65. The number of unbranched alkanes of at least 4 members (excludes halogenated alkanes) is 7. The van der Waals surface area contributed by atoms with Crippen molar-refractivity contribution in [3.05, 3.63) is 42.2 Å². The second-order valence-corrected chi connectivity index (χ2v) is 9.07. The summed E-state index contributed by atoms with van der Waals surface area (Å²) in [5, 5.41) is 0. The Morgan fingerprint density at radius 1 is 0.703 bits per heavy atom. The molecule has 0 aliphatic rings. The van der Waals surface area contributed by atoms with Crippen molar-refractivity contribution in [3.8, 4) is 17.1 Å². The lowest BCUT2D eigenvalue weighted by Crippen LogP contribution is -2.58. The van der Waals surface area contributed by atoms with Crippen LogP contribution in [0.1, 0.15) is 70.8 Å². The second-order valence-electron chi connectivity index (χ2n) is 9.07. The minimum absolute atomic E-state index is 0.182. The van der Waals surface area contributed by atoms with Gasteiger partial charge < -0.3 is 9.47 Å². The van der Waals surface area contributed by atoms with Crippen LogP contribution in [0.5, 0.6) is 5.75 Å². The Labute approximate surface area is 214 Å². The zero-order chi connectivity index (χ0) is 27.4. The smallest absolute Gasteiger partial charge is 0.377 e. The van der Waals surface area contributed by atoms with E-state index in [0.29, 0.717) is 11.4 Å². The van der Waals surface area contributed by atoms with Crippen LogP contribution in [-0.4, -0.2) is 47.6 Å². The zero-order valence-electron chi connectivity index (χ0n) is 21.4. The first-order valence-electron chi connectivity index (χ1n) is 12.8. The molecule has 10 heteroatoms. The lowest BCUT2D eigenvalue weighted by molar-refractivity contribution is -0.324. The molecule has 0 spiro atoms. The molecular weight excluding hydrogens is 498 g/mol. The molecule has 208 valence electrons. The molecule has 1 heterocycles. The number of halogens is 6. The summed E-state index contributed by atoms with van der Waals surface area (Å²) in [6, 6.07) is 5.48. The van der Waals surface area contributed by atoms with Crippen LogP contribution in [0.25, 0.3) is 11.4 Å². The van der Waals surface area contributed by atoms with Crippen molar-refractivity contribution in [1.29, 1.82) is 0 Å². The number of benzene rings is 1. The number of hydrogen-bond acceptors (Lipinski definition) is 4. The zero-order valence-corrected chi connectivity index (χ0v) is 21.4. The topological polar surface area (TPSA) is 44.2 Å². The van der Waals surface area contributed by atoms with Crippen LogP contribution < -0.4 is 4.74 Å². The number of nitrogens with zero attached hydrogens (tertiary/aromatic N) is 2. The van der Waals surface area contributed by atoms with Crippen LogP contribution in [0.4, 0.5) is 26.3 Å². The van der Waals surface area contributed by atoms with E-state index in [9.17, 15) is 26.3 Å². The third kappa shape index (κ3) is 9.16. The van der Waals surface area contributed by atoms with Gasteiger partial charge in [0.1, 0.15) is 12.4 Å². The van der Waals surface area contributed by atoms with Gasteiger partial charge in [-0.05, 0) is 49.6 Å². The first kappa shape index (κ1) is 30.9. The molecule has 0 saturated heterocycles. The highest BCUT2D eigenvalue weighted by Gasteiger charge is 2.71. The molecule has 2 aromatic rings. The number of aromatic nitrogens is 2. The fourth-order valence-corrected chi connectivity index (χ4v) is 3.65. The van der Waals surface area contributed by atoms with Crippen LogP contribution in [0.15, 0.2) is 36.7 Å². The summed E-state index contributed by atoms with van der Waals surface area (Å²) in [7, 11) is 0. The molecule has 0 atom stereocenters. The molecule has 0 bridgehead atoms. The van der Waals surface area contributed by atoms with Crippen molar-refractivity contribution in [2.75, 3.05) is 19.8 Å². The van der Waals surface area contributed by atoms with Gasteiger partial charge in [-0.3, -0.25) is 0 Å². The second kappa shape index (κ2) is 14.5. The van der Waals surface area contributed by atoms with Gasteiger partial charge in [-0.25, -0.2) is 9.97 Å². The van der Waals surface area contributed by atoms with Gasteiger partial charge in [-0.2, -0.15) is 26.3 Å². The van der Waals surface area contributed by atoms with Gasteiger partial charge in [0.25, 0.3) is 0 Å². The predicted octanol–water partition coefficient (Wildman–Crippen LogP) is 8.15. The highest BCUT2D eigenvalue weighted by molar-refractivity contribution is 5.55. The molecule has 4 nitrogen and oxygen atoms in total. The van der Waals surface area contributed by atoms with E-state index in [4.69, 9.17) is 4.74 Å². The Hall–Kier alpha value is -2.36. The summed E-state index contributed by atoms with van der Waals surface area (Å²) in [6.45, 7) is -0.569. The fraction of sp³-hybridized carbons (Fsp3) is 0.630. The highest BCUT2D eigenvalue weighted by atomic mass is 19.3. The molecule has 1 aromatic heterocycles. The van der Waals surface area contributed by atoms with E-state index >= 15 is 0 Å². The largest absolute Gasteiger partial charge is 0.487 e. The summed E-state index contributed by atoms with van der Waals surface area (Å²) in [6.07, 6.45) is 14.2. The van der Waals surface area contributed by atoms with Gasteiger partial charge in [-0.15, -0.1) is 0 Å². The van der Waals surface area contributed by atoms with Gasteiger partial charge in [0, 0.05) is 24.6 Å². The molecule has 2 rings (SSSR count). The molecule has 0 unspecified atom stereocenters. The van der Waals surface area contributed by atoms with E-state index < -0.39 is 31.0 Å². The van der Waals surface area contributed by atoms with E-state index in [1.54, 1.807) is 12.4 Å². The van der Waals surface area contributed by atoms with E-state index in [-0.39, 0.29) is 12.4 Å². The Balaban J connectivity index is 1.85. The lowest BCUT2D eigenvalue weighted by Gasteiger charge is -2.32. The van der Waals surface area contributed by atoms with E-state index in [1.165, 1.54) is 69.7 Å². The molecule has 0 amide bonds. The van der Waals surface area contributed by atoms with Crippen LogP contribution in [0.2, 0.25) is 0 Å². The van der Waals surface area contributed by atoms with Crippen molar-refractivity contribution in [2.24, 2.45) is 0 Å². The number of rotatable bonds is 18. The lowest BCUT2D eigenvalue weighted by atomic mass is 10.1. The van der Waals surface area contributed by atoms with E-state index in [0.717, 1.165) is 24.8 Å². The van der Waals surface area contributed by atoms with Crippen LogP contribution in [-0.2, 0) is 11.2 Å². The van der Waals surface area contributed by atoms with Crippen molar-refractivity contribution >= 4 is 0 Å². The molecule has 37 heavy (non-hydrogen) atoms. The van der Waals surface area contributed by atoms with Gasteiger partial charge in [0.2, 0.25) is 0 Å². The average Bonchev–Trinajstić information content (AvgIpc) is 2.88. The third-order valence-electron chi connectivity index (χ3n) is 5.96. The maximum Gasteiger partial charge on any atom is 0.377 e. The number of aryl methyl sites for hydroxylation is 1. The summed E-state index contributed by atoms with van der Waals surface area (Å²) in [5.41, 5.74) is 1.57. The molecule has 0 fully saturated rings. The molecule has 1 aromatic carbocycles. The van der Waals surface area contributed by atoms with E-state index in [2.05, 4.69) is 21.6 Å². The number of hydrogen-bond donors (Lipinski definition) is 0. The number of alkyl halides is 6. The minimum Gasteiger partial charge on any atom is -0.487 e. The van der Waals surface area contributed by atoms with Gasteiger partial charge in [0.15, 0.2) is 12.4 Å². The predicted molar refractivity (Wildman–Crippen MR) is 131 cm³/mol. The summed E-state index contributed by atoms with van der Waals surface area (Å²) < 4.78 is 91.7. The Morgan fingerprint density at radius 3 is 1.81 bits per heavy atom. The van der Waals surface area contributed by atoms with Crippen LogP contribution in [0.3, 0.4) is 0 Å². The monoisotopic (exact) mass is 534 g/mol. The molecule has 0 aliphatic carbocycles. The molecule has 0 N–H and O–H groups in total. The highest BCUT2D eigenvalue weighted by Crippen LogP contribution is 2.46. The molecule has 0 radical (unpaired) electrons. The van der Waals surface area contributed by atoms with Crippen molar-refractivity contribution in [1.82, 2.24) is 9.97 Å². The normalized spacial score (nSPS) is 12.6. The third-order valence-corrected chi connectivity index (χ3v) is 5.96. The van der Waals surface area contributed by atoms with Crippen molar-refractivity contribution in [3.63, 3.8) is 0 Å². The first-order chi connectivity index (χ1) is 17.5. The first-order valence-corrected chi connectivity index (χ1v) is 12.8. The maximum absolute atomic E-state index is 14.0. The van der Waals surface area contributed by atoms with Gasteiger partial charge in [-0.1, -0.05) is 51.9 Å².